The number of nitrogens with one attached hydrogen (secondary N) is 1. The Morgan fingerprint density at radius 1 is 1.00 bits per heavy atom. The van der Waals surface area contributed by atoms with E-state index in [0.29, 0.717) is 13.1 Å². The summed E-state index contributed by atoms with van der Waals surface area (Å²) in [4.78, 5) is 25.2. The van der Waals surface area contributed by atoms with E-state index >= 15 is 0 Å². The number of anilines is 1. The summed E-state index contributed by atoms with van der Waals surface area (Å²) in [5, 5.41) is 2.98. The Balaban J connectivity index is 1.49. The lowest BCUT2D eigenvalue weighted by Gasteiger charge is -2.08. The van der Waals surface area contributed by atoms with Crippen molar-refractivity contribution in [3.8, 4) is 0 Å². The number of carbonyl (C=O) groups excluding carboxylic acids is 1. The van der Waals surface area contributed by atoms with Gasteiger partial charge in [-0.1, -0.05) is 25.1 Å². The summed E-state index contributed by atoms with van der Waals surface area (Å²) >= 11 is 0. The van der Waals surface area contributed by atoms with Gasteiger partial charge in [-0.15, -0.1) is 0 Å². The molecule has 1 N–H and O–H groups in total. The Hall–Kier alpha value is -2.82. The first kappa shape index (κ1) is 17.6. The van der Waals surface area contributed by atoms with E-state index in [1.807, 2.05) is 30.3 Å². The average Bonchev–Trinajstić information content (AvgIpc) is 3.23. The minimum absolute atomic E-state index is 0.0385. The van der Waals surface area contributed by atoms with E-state index < -0.39 is 0 Å². The van der Waals surface area contributed by atoms with Gasteiger partial charge in [0.2, 0.25) is 5.91 Å². The Bertz CT molecular complexity index is 1050. The van der Waals surface area contributed by atoms with Gasteiger partial charge in [0, 0.05) is 25.2 Å². The van der Waals surface area contributed by atoms with Crippen LogP contribution >= 0.6 is 0 Å². The maximum atomic E-state index is 12.8. The second-order valence-electron chi connectivity index (χ2n) is 7.21. The molecule has 0 spiro atoms. The van der Waals surface area contributed by atoms with Crippen molar-refractivity contribution in [3.05, 3.63) is 64.1 Å². The minimum atomic E-state index is -0.0628. The molecule has 2 aromatic carbocycles. The van der Waals surface area contributed by atoms with Crippen LogP contribution in [0.2, 0.25) is 0 Å². The van der Waals surface area contributed by atoms with Crippen LogP contribution in [0.3, 0.4) is 0 Å². The van der Waals surface area contributed by atoms with Crippen molar-refractivity contribution in [3.63, 3.8) is 0 Å². The topological polar surface area (TPSA) is 56.0 Å². The van der Waals surface area contributed by atoms with Crippen LogP contribution in [0.1, 0.15) is 37.3 Å². The van der Waals surface area contributed by atoms with Gasteiger partial charge in [0.1, 0.15) is 0 Å². The van der Waals surface area contributed by atoms with Crippen LogP contribution in [-0.4, -0.2) is 15.0 Å². The zero-order valence-corrected chi connectivity index (χ0v) is 15.7. The highest BCUT2D eigenvalue weighted by atomic mass is 16.2. The van der Waals surface area contributed by atoms with Crippen molar-refractivity contribution >= 4 is 22.6 Å². The van der Waals surface area contributed by atoms with Gasteiger partial charge in [0.05, 0.1) is 11.0 Å². The van der Waals surface area contributed by atoms with Gasteiger partial charge < -0.3 is 5.32 Å². The Kier molecular flexibility index (Phi) is 4.84. The van der Waals surface area contributed by atoms with E-state index in [1.54, 1.807) is 9.13 Å². The lowest BCUT2D eigenvalue weighted by atomic mass is 10.1. The number of imidazole rings is 1. The molecule has 3 aromatic rings. The van der Waals surface area contributed by atoms with Crippen molar-refractivity contribution in [1.82, 2.24) is 9.13 Å². The highest BCUT2D eigenvalue weighted by molar-refractivity contribution is 5.91. The van der Waals surface area contributed by atoms with Crippen LogP contribution in [0, 0.1) is 0 Å². The number of benzene rings is 2. The summed E-state index contributed by atoms with van der Waals surface area (Å²) in [6.45, 7) is 3.13. The summed E-state index contributed by atoms with van der Waals surface area (Å²) in [5.74, 6) is -0.0628. The third-order valence-corrected chi connectivity index (χ3v) is 5.32. The highest BCUT2D eigenvalue weighted by Gasteiger charge is 2.14. The molecule has 27 heavy (non-hydrogen) atoms. The smallest absolute Gasteiger partial charge is 0.326 e. The molecule has 140 valence electrons. The Morgan fingerprint density at radius 3 is 2.44 bits per heavy atom. The number of hydrogen-bond acceptors (Lipinski definition) is 2. The number of hydrogen-bond donors (Lipinski definition) is 1. The molecule has 0 unspecified atom stereocenters. The average molecular weight is 363 g/mol. The van der Waals surface area contributed by atoms with E-state index in [0.717, 1.165) is 36.0 Å². The van der Waals surface area contributed by atoms with E-state index in [-0.39, 0.29) is 18.0 Å². The van der Waals surface area contributed by atoms with Crippen molar-refractivity contribution < 1.29 is 4.79 Å². The molecule has 1 aliphatic rings. The van der Waals surface area contributed by atoms with Crippen molar-refractivity contribution in [2.75, 3.05) is 5.32 Å². The second kappa shape index (κ2) is 7.43. The van der Waals surface area contributed by atoms with Crippen LogP contribution in [0.4, 0.5) is 5.69 Å². The third kappa shape index (κ3) is 3.42. The molecule has 5 nitrogen and oxygen atoms in total. The summed E-state index contributed by atoms with van der Waals surface area (Å²) in [7, 11) is 0. The molecule has 0 bridgehead atoms. The van der Waals surface area contributed by atoms with Gasteiger partial charge in [0.15, 0.2) is 0 Å². The van der Waals surface area contributed by atoms with Crippen LogP contribution < -0.4 is 11.0 Å². The van der Waals surface area contributed by atoms with Crippen LogP contribution in [-0.2, 0) is 30.7 Å². The highest BCUT2D eigenvalue weighted by Crippen LogP contribution is 2.25. The predicted molar refractivity (Wildman–Crippen MR) is 108 cm³/mol. The number of rotatable bonds is 6. The molecule has 1 heterocycles. The first-order valence-electron chi connectivity index (χ1n) is 9.77. The normalized spacial score (nSPS) is 13.1. The Labute approximate surface area is 158 Å². The lowest BCUT2D eigenvalue weighted by molar-refractivity contribution is -0.116. The van der Waals surface area contributed by atoms with Crippen LogP contribution in [0.25, 0.3) is 11.0 Å². The maximum Gasteiger partial charge on any atom is 0.329 e. The monoisotopic (exact) mass is 363 g/mol. The zero-order chi connectivity index (χ0) is 18.8. The molecule has 0 radical (unpaired) electrons. The number of carbonyl (C=O) groups is 1. The number of aryl methyl sites for hydroxylation is 4. The van der Waals surface area contributed by atoms with Gasteiger partial charge in [0.25, 0.3) is 0 Å². The summed E-state index contributed by atoms with van der Waals surface area (Å²) < 4.78 is 3.51. The first-order valence-corrected chi connectivity index (χ1v) is 9.77. The number of aromatic nitrogens is 2. The summed E-state index contributed by atoms with van der Waals surface area (Å²) in [5.41, 5.74) is 5.37. The van der Waals surface area contributed by atoms with Crippen molar-refractivity contribution in [2.45, 2.75) is 52.1 Å². The van der Waals surface area contributed by atoms with E-state index in [4.69, 9.17) is 0 Å². The van der Waals surface area contributed by atoms with Crippen LogP contribution in [0.5, 0.6) is 0 Å². The van der Waals surface area contributed by atoms with Gasteiger partial charge in [-0.25, -0.2) is 4.79 Å². The molecule has 0 saturated carbocycles. The predicted octanol–water partition coefficient (Wildman–Crippen LogP) is 3.73. The maximum absolute atomic E-state index is 12.8. The van der Waals surface area contributed by atoms with Gasteiger partial charge in [-0.3, -0.25) is 13.9 Å². The zero-order valence-electron chi connectivity index (χ0n) is 15.7. The standard InChI is InChI=1S/C22H25N3O2/c1-2-13-24-19-8-3-4-9-20(19)25(22(24)27)14-12-21(26)23-18-11-10-16-6-5-7-17(16)15-18/h3-4,8-11,15H,2,5-7,12-14H2,1H3,(H,23,26). The molecule has 1 aliphatic carbocycles. The van der Waals surface area contributed by atoms with E-state index in [1.165, 1.54) is 17.5 Å². The molecule has 0 saturated heterocycles. The number of fused-ring (bicyclic) bond motifs is 2. The fourth-order valence-electron chi connectivity index (χ4n) is 4.01. The molecule has 0 fully saturated rings. The fraction of sp³-hybridized carbons (Fsp3) is 0.364. The molecule has 5 heteroatoms. The summed E-state index contributed by atoms with van der Waals surface area (Å²) in [6.07, 6.45) is 4.58. The number of nitrogens with zero attached hydrogens (tertiary/aromatic N) is 2. The molecule has 1 aromatic heterocycles. The number of amides is 1. The molecule has 0 atom stereocenters. The second-order valence-corrected chi connectivity index (χ2v) is 7.21. The molecular weight excluding hydrogens is 338 g/mol. The fourth-order valence-corrected chi connectivity index (χ4v) is 4.01. The molecule has 0 aliphatic heterocycles. The quantitative estimate of drug-likeness (QED) is 0.725. The summed E-state index contributed by atoms with van der Waals surface area (Å²) in [6, 6.07) is 14.0. The first-order chi connectivity index (χ1) is 13.2. The lowest BCUT2D eigenvalue weighted by Crippen LogP contribution is -2.26. The van der Waals surface area contributed by atoms with Crippen LogP contribution in [0.15, 0.2) is 47.3 Å². The third-order valence-electron chi connectivity index (χ3n) is 5.32. The number of para-hydroxylation sites is 2. The van der Waals surface area contributed by atoms with Crippen molar-refractivity contribution in [2.24, 2.45) is 0 Å². The van der Waals surface area contributed by atoms with E-state index in [9.17, 15) is 9.59 Å². The van der Waals surface area contributed by atoms with Gasteiger partial charge in [-0.05, 0) is 61.1 Å². The van der Waals surface area contributed by atoms with Crippen molar-refractivity contribution in [1.29, 1.82) is 0 Å². The molecular formula is C22H25N3O2. The van der Waals surface area contributed by atoms with Gasteiger partial charge in [-0.2, -0.15) is 0 Å². The van der Waals surface area contributed by atoms with Gasteiger partial charge >= 0.3 is 5.69 Å². The Morgan fingerprint density at radius 2 is 1.70 bits per heavy atom. The largest absolute Gasteiger partial charge is 0.329 e. The minimum Gasteiger partial charge on any atom is -0.326 e. The molecule has 4 rings (SSSR count). The van der Waals surface area contributed by atoms with E-state index in [2.05, 4.69) is 24.4 Å². The SMILES string of the molecule is CCCn1c(=O)n(CCC(=O)Nc2ccc3c(c2)CCC3)c2ccccc21. The molecule has 1 amide bonds.